The fourth-order valence-corrected chi connectivity index (χ4v) is 3.49. The van der Waals surface area contributed by atoms with Gasteiger partial charge in [0.05, 0.1) is 5.69 Å². The van der Waals surface area contributed by atoms with E-state index in [0.29, 0.717) is 22.7 Å². The van der Waals surface area contributed by atoms with E-state index in [-0.39, 0.29) is 5.91 Å². The number of hydrogen-bond acceptors (Lipinski definition) is 6. The number of nitrogens with zero attached hydrogens (tertiary/aromatic N) is 6. The molecule has 8 nitrogen and oxygen atoms in total. The van der Waals surface area contributed by atoms with E-state index in [1.165, 1.54) is 0 Å². The fraction of sp³-hybridized carbons (Fsp3) is 0.0800. The lowest BCUT2D eigenvalue weighted by molar-refractivity contribution is 0.102. The third kappa shape index (κ3) is 4.14. The Hall–Kier alpha value is -4.59. The van der Waals surface area contributed by atoms with Crippen LogP contribution in [0.25, 0.3) is 28.3 Å². The zero-order valence-corrected chi connectivity index (χ0v) is 18.2. The van der Waals surface area contributed by atoms with Gasteiger partial charge in [-0.25, -0.2) is 0 Å². The predicted octanol–water partition coefficient (Wildman–Crippen LogP) is 4.17. The molecule has 5 aromatic rings. The van der Waals surface area contributed by atoms with Crippen molar-refractivity contribution in [3.8, 4) is 22.6 Å². The van der Waals surface area contributed by atoms with Crippen LogP contribution in [0, 0.1) is 0 Å². The molecule has 162 valence electrons. The number of carbonyl (C=O) groups excluding carboxylic acids is 1. The van der Waals surface area contributed by atoms with Crippen LogP contribution in [0.1, 0.15) is 10.4 Å². The molecule has 33 heavy (non-hydrogen) atoms. The first kappa shape index (κ1) is 20.3. The maximum absolute atomic E-state index is 12.7. The van der Waals surface area contributed by atoms with Crippen LogP contribution in [0.4, 0.5) is 11.4 Å². The molecule has 1 amide bonds. The van der Waals surface area contributed by atoms with Crippen molar-refractivity contribution in [2.75, 3.05) is 24.3 Å². The third-order valence-electron chi connectivity index (χ3n) is 5.26. The zero-order valence-electron chi connectivity index (χ0n) is 18.2. The summed E-state index contributed by atoms with van der Waals surface area (Å²) in [5.41, 5.74) is 5.46. The zero-order chi connectivity index (χ0) is 22.8. The Morgan fingerprint density at radius 2 is 1.67 bits per heavy atom. The number of benzene rings is 2. The van der Waals surface area contributed by atoms with E-state index >= 15 is 0 Å². The molecule has 0 atom stereocenters. The Kier molecular flexibility index (Phi) is 5.24. The molecule has 0 fully saturated rings. The first-order valence-corrected chi connectivity index (χ1v) is 10.4. The van der Waals surface area contributed by atoms with Gasteiger partial charge in [-0.3, -0.25) is 9.78 Å². The van der Waals surface area contributed by atoms with Crippen molar-refractivity contribution in [3.05, 3.63) is 90.8 Å². The van der Waals surface area contributed by atoms with Crippen LogP contribution < -0.4 is 10.2 Å². The van der Waals surface area contributed by atoms with Gasteiger partial charge in [0.1, 0.15) is 0 Å². The Labute approximate surface area is 190 Å². The Balaban J connectivity index is 1.42. The first-order valence-electron chi connectivity index (χ1n) is 10.4. The molecule has 0 aliphatic rings. The molecular weight excluding hydrogens is 414 g/mol. The van der Waals surface area contributed by atoms with E-state index in [1.54, 1.807) is 16.9 Å². The summed E-state index contributed by atoms with van der Waals surface area (Å²) < 4.78 is 1.71. The largest absolute Gasteiger partial charge is 0.378 e. The Morgan fingerprint density at radius 1 is 0.879 bits per heavy atom. The number of amides is 1. The molecule has 5 rings (SSSR count). The molecule has 0 spiro atoms. The van der Waals surface area contributed by atoms with Gasteiger partial charge >= 0.3 is 0 Å². The molecule has 0 aliphatic carbocycles. The molecule has 0 bridgehead atoms. The summed E-state index contributed by atoms with van der Waals surface area (Å²) in [5, 5.41) is 16.2. The molecule has 3 heterocycles. The monoisotopic (exact) mass is 435 g/mol. The van der Waals surface area contributed by atoms with Crippen molar-refractivity contribution < 1.29 is 4.79 Å². The van der Waals surface area contributed by atoms with Gasteiger partial charge in [-0.05, 0) is 60.7 Å². The van der Waals surface area contributed by atoms with Crippen molar-refractivity contribution in [2.24, 2.45) is 0 Å². The highest BCUT2D eigenvalue weighted by atomic mass is 16.1. The number of carbonyl (C=O) groups is 1. The molecule has 0 saturated carbocycles. The number of nitrogens with one attached hydrogen (secondary N) is 1. The van der Waals surface area contributed by atoms with Gasteiger partial charge in [0, 0.05) is 54.6 Å². The highest BCUT2D eigenvalue weighted by Crippen LogP contribution is 2.24. The second-order valence-electron chi connectivity index (χ2n) is 7.72. The molecule has 1 N–H and O–H groups in total. The van der Waals surface area contributed by atoms with Crippen LogP contribution in [0.2, 0.25) is 0 Å². The number of anilines is 2. The molecule has 0 aliphatic heterocycles. The minimum atomic E-state index is -0.167. The van der Waals surface area contributed by atoms with Gasteiger partial charge in [0.2, 0.25) is 0 Å². The van der Waals surface area contributed by atoms with E-state index in [1.807, 2.05) is 91.8 Å². The number of fused-ring (bicyclic) bond motifs is 1. The predicted molar refractivity (Wildman–Crippen MR) is 128 cm³/mol. The van der Waals surface area contributed by atoms with Gasteiger partial charge < -0.3 is 10.2 Å². The van der Waals surface area contributed by atoms with Crippen LogP contribution in [0.15, 0.2) is 85.2 Å². The van der Waals surface area contributed by atoms with Gasteiger partial charge in [-0.2, -0.15) is 9.61 Å². The van der Waals surface area contributed by atoms with Crippen LogP contribution in [0.3, 0.4) is 0 Å². The maximum Gasteiger partial charge on any atom is 0.255 e. The smallest absolute Gasteiger partial charge is 0.255 e. The average Bonchev–Trinajstić information content (AvgIpc) is 3.28. The van der Waals surface area contributed by atoms with Crippen LogP contribution in [0.5, 0.6) is 0 Å². The van der Waals surface area contributed by atoms with Gasteiger partial charge in [-0.1, -0.05) is 12.1 Å². The Bertz CT molecular complexity index is 1430. The number of pyridine rings is 1. The van der Waals surface area contributed by atoms with Crippen molar-refractivity contribution in [2.45, 2.75) is 0 Å². The van der Waals surface area contributed by atoms with E-state index < -0.39 is 0 Å². The lowest BCUT2D eigenvalue weighted by atomic mass is 10.1. The standard InChI is InChI=1S/C25H21N7O/c1-31(2)21-8-6-18(7-9-21)25(33)27-20-5-3-4-19(16-20)22-10-11-23-28-29-24(32(23)30-22)17-12-14-26-15-13-17/h3-16H,1-2H3,(H,27,33). The number of aromatic nitrogens is 5. The van der Waals surface area contributed by atoms with Gasteiger partial charge in [0.25, 0.3) is 5.91 Å². The van der Waals surface area contributed by atoms with E-state index in [9.17, 15) is 4.79 Å². The first-order chi connectivity index (χ1) is 16.1. The Morgan fingerprint density at radius 3 is 2.42 bits per heavy atom. The number of rotatable bonds is 5. The van der Waals surface area contributed by atoms with Crippen LogP contribution in [-0.2, 0) is 0 Å². The summed E-state index contributed by atoms with van der Waals surface area (Å²) in [4.78, 5) is 18.8. The fourth-order valence-electron chi connectivity index (χ4n) is 3.49. The molecule has 8 heteroatoms. The molecule has 2 aromatic carbocycles. The minimum absolute atomic E-state index is 0.167. The normalized spacial score (nSPS) is 10.8. The molecule has 0 saturated heterocycles. The van der Waals surface area contributed by atoms with E-state index in [4.69, 9.17) is 5.10 Å². The quantitative estimate of drug-likeness (QED) is 0.446. The molecule has 3 aromatic heterocycles. The summed E-state index contributed by atoms with van der Waals surface area (Å²) in [6.45, 7) is 0. The summed E-state index contributed by atoms with van der Waals surface area (Å²) in [7, 11) is 3.93. The average molecular weight is 435 g/mol. The van der Waals surface area contributed by atoms with Crippen molar-refractivity contribution in [3.63, 3.8) is 0 Å². The lowest BCUT2D eigenvalue weighted by Gasteiger charge is -2.13. The summed E-state index contributed by atoms with van der Waals surface area (Å²) in [6.07, 6.45) is 3.42. The van der Waals surface area contributed by atoms with Gasteiger partial charge in [-0.15, -0.1) is 10.2 Å². The molecule has 0 unspecified atom stereocenters. The van der Waals surface area contributed by atoms with Crippen LogP contribution in [-0.4, -0.2) is 44.8 Å². The topological polar surface area (TPSA) is 88.3 Å². The van der Waals surface area contributed by atoms with Crippen molar-refractivity contribution >= 4 is 22.9 Å². The minimum Gasteiger partial charge on any atom is -0.378 e. The summed E-state index contributed by atoms with van der Waals surface area (Å²) in [6, 6.07) is 22.6. The highest BCUT2D eigenvalue weighted by molar-refractivity contribution is 6.04. The lowest BCUT2D eigenvalue weighted by Crippen LogP contribution is -2.13. The summed E-state index contributed by atoms with van der Waals surface area (Å²) >= 11 is 0. The van der Waals surface area contributed by atoms with Crippen molar-refractivity contribution in [1.82, 2.24) is 24.8 Å². The highest BCUT2D eigenvalue weighted by Gasteiger charge is 2.12. The van der Waals surface area contributed by atoms with Gasteiger partial charge in [0.15, 0.2) is 11.5 Å². The maximum atomic E-state index is 12.7. The van der Waals surface area contributed by atoms with Crippen molar-refractivity contribution in [1.29, 1.82) is 0 Å². The molecule has 0 radical (unpaired) electrons. The second-order valence-corrected chi connectivity index (χ2v) is 7.72. The summed E-state index contributed by atoms with van der Waals surface area (Å²) in [5.74, 6) is 0.472. The van der Waals surface area contributed by atoms with E-state index in [2.05, 4.69) is 20.5 Å². The van der Waals surface area contributed by atoms with E-state index in [0.717, 1.165) is 22.5 Å². The SMILES string of the molecule is CN(C)c1ccc(C(=O)Nc2cccc(-c3ccc4nnc(-c5ccncc5)n4n3)c2)cc1. The second kappa shape index (κ2) is 8.51. The molecular formula is C25H21N7O. The third-order valence-corrected chi connectivity index (χ3v) is 5.26. The number of hydrogen-bond donors (Lipinski definition) is 1. The van der Waals surface area contributed by atoms with Crippen LogP contribution >= 0.6 is 0 Å².